The fraction of sp³-hybridized carbons (Fsp3) is 0.538. The molecule has 1 aromatic carbocycles. The molecule has 2 fully saturated rings. The van der Waals surface area contributed by atoms with Crippen LogP contribution in [0.4, 0.5) is 0 Å². The maximum atomic E-state index is 5.46. The molecule has 1 saturated heterocycles. The molecule has 0 bridgehead atoms. The van der Waals surface area contributed by atoms with Gasteiger partial charge in [-0.2, -0.15) is 0 Å². The molecule has 0 amide bonds. The van der Waals surface area contributed by atoms with E-state index >= 15 is 0 Å². The van der Waals surface area contributed by atoms with Gasteiger partial charge in [-0.15, -0.1) is 0 Å². The molecule has 1 aliphatic heterocycles. The van der Waals surface area contributed by atoms with Crippen LogP contribution in [0.5, 0.6) is 0 Å². The number of halogens is 1. The summed E-state index contributed by atoms with van der Waals surface area (Å²) in [6.07, 6.45) is 3.93. The molecule has 3 rings (SSSR count). The van der Waals surface area contributed by atoms with E-state index in [0.717, 1.165) is 19.1 Å². The molecule has 0 aromatic heterocycles. The summed E-state index contributed by atoms with van der Waals surface area (Å²) in [5.74, 6) is 1.46. The first-order valence-corrected chi connectivity index (χ1v) is 6.51. The zero-order valence-electron chi connectivity index (χ0n) is 8.71. The highest BCUT2D eigenvalue weighted by molar-refractivity contribution is 9.10. The number of rotatable bonds is 2. The van der Waals surface area contributed by atoms with Crippen molar-refractivity contribution in [2.75, 3.05) is 13.2 Å². The quantitative estimate of drug-likeness (QED) is 0.791. The third-order valence-electron chi connectivity index (χ3n) is 3.44. The van der Waals surface area contributed by atoms with E-state index in [4.69, 9.17) is 4.74 Å². The summed E-state index contributed by atoms with van der Waals surface area (Å²) in [4.78, 5) is 0. The van der Waals surface area contributed by atoms with Crippen molar-refractivity contribution in [3.05, 3.63) is 33.8 Å². The van der Waals surface area contributed by atoms with Gasteiger partial charge in [0.15, 0.2) is 0 Å². The highest BCUT2D eigenvalue weighted by atomic mass is 79.9. The minimum atomic E-state index is 0.609. The van der Waals surface area contributed by atoms with Gasteiger partial charge in [0.25, 0.3) is 0 Å². The molecule has 2 aliphatic rings. The molecule has 2 heteroatoms. The highest BCUT2D eigenvalue weighted by Crippen LogP contribution is 2.42. The average molecular weight is 267 g/mol. The van der Waals surface area contributed by atoms with Crippen LogP contribution >= 0.6 is 15.9 Å². The lowest BCUT2D eigenvalue weighted by atomic mass is 9.95. The zero-order valence-corrected chi connectivity index (χ0v) is 10.3. The summed E-state index contributed by atoms with van der Waals surface area (Å²) in [6, 6.07) is 6.86. The van der Waals surface area contributed by atoms with Gasteiger partial charge in [-0.1, -0.05) is 28.1 Å². The van der Waals surface area contributed by atoms with E-state index in [1.807, 2.05) is 0 Å². The number of benzene rings is 1. The molecular formula is C13H15BrO. The molecule has 1 aromatic rings. The van der Waals surface area contributed by atoms with E-state index in [1.54, 1.807) is 0 Å². The summed E-state index contributed by atoms with van der Waals surface area (Å²) in [7, 11) is 0. The molecular weight excluding hydrogens is 252 g/mol. The molecule has 0 N–H and O–H groups in total. The monoisotopic (exact) mass is 266 g/mol. The lowest BCUT2D eigenvalue weighted by Crippen LogP contribution is -1.99. The van der Waals surface area contributed by atoms with Crippen molar-refractivity contribution >= 4 is 15.9 Å². The second kappa shape index (κ2) is 3.91. The molecule has 0 radical (unpaired) electrons. The van der Waals surface area contributed by atoms with E-state index in [2.05, 4.69) is 34.1 Å². The van der Waals surface area contributed by atoms with E-state index in [0.29, 0.717) is 5.92 Å². The van der Waals surface area contributed by atoms with Crippen LogP contribution in [-0.4, -0.2) is 13.2 Å². The normalized spacial score (nSPS) is 25.8. The van der Waals surface area contributed by atoms with Crippen LogP contribution in [0.15, 0.2) is 22.7 Å². The van der Waals surface area contributed by atoms with Gasteiger partial charge in [0, 0.05) is 17.0 Å². The van der Waals surface area contributed by atoms with E-state index in [1.165, 1.54) is 34.9 Å². The predicted octanol–water partition coefficient (Wildman–Crippen LogP) is 3.83. The van der Waals surface area contributed by atoms with Gasteiger partial charge < -0.3 is 4.74 Å². The van der Waals surface area contributed by atoms with E-state index < -0.39 is 0 Å². The highest BCUT2D eigenvalue weighted by Gasteiger charge is 2.26. The van der Waals surface area contributed by atoms with Crippen molar-refractivity contribution in [1.29, 1.82) is 0 Å². The van der Waals surface area contributed by atoms with Gasteiger partial charge in [-0.05, 0) is 42.4 Å². The molecule has 15 heavy (non-hydrogen) atoms. The van der Waals surface area contributed by atoms with Crippen LogP contribution < -0.4 is 0 Å². The van der Waals surface area contributed by atoms with Crippen LogP contribution in [0.2, 0.25) is 0 Å². The van der Waals surface area contributed by atoms with E-state index in [9.17, 15) is 0 Å². The molecule has 0 spiro atoms. The van der Waals surface area contributed by atoms with Crippen molar-refractivity contribution in [2.45, 2.75) is 31.1 Å². The van der Waals surface area contributed by atoms with E-state index in [-0.39, 0.29) is 0 Å². The maximum Gasteiger partial charge on any atom is 0.0535 e. The third kappa shape index (κ3) is 1.98. The lowest BCUT2D eigenvalue weighted by molar-refractivity contribution is 0.194. The van der Waals surface area contributed by atoms with Crippen molar-refractivity contribution < 1.29 is 4.74 Å². The molecule has 1 unspecified atom stereocenters. The Balaban J connectivity index is 1.93. The van der Waals surface area contributed by atoms with Crippen LogP contribution in [0.25, 0.3) is 0 Å². The largest absolute Gasteiger partial charge is 0.381 e. The van der Waals surface area contributed by atoms with Gasteiger partial charge in [0.05, 0.1) is 6.61 Å². The molecule has 80 valence electrons. The first-order chi connectivity index (χ1) is 7.34. The summed E-state index contributed by atoms with van der Waals surface area (Å²) < 4.78 is 6.71. The minimum Gasteiger partial charge on any atom is -0.381 e. The second-order valence-electron chi connectivity index (χ2n) is 4.62. The topological polar surface area (TPSA) is 9.23 Å². The molecule has 1 heterocycles. The summed E-state index contributed by atoms with van der Waals surface area (Å²) >= 11 is 3.65. The van der Waals surface area contributed by atoms with Gasteiger partial charge >= 0.3 is 0 Å². The predicted molar refractivity (Wildman–Crippen MR) is 64.3 cm³/mol. The van der Waals surface area contributed by atoms with Crippen LogP contribution in [0, 0.1) is 0 Å². The Kier molecular flexibility index (Phi) is 2.57. The van der Waals surface area contributed by atoms with Gasteiger partial charge in [0.2, 0.25) is 0 Å². The standard InChI is InChI=1S/C13H15BrO/c14-13-4-3-10(9-1-2-9)7-12(13)11-5-6-15-8-11/h3-4,7,9,11H,1-2,5-6,8H2. The number of hydrogen-bond acceptors (Lipinski definition) is 1. The van der Waals surface area contributed by atoms with Crippen molar-refractivity contribution in [3.63, 3.8) is 0 Å². The Bertz CT molecular complexity index is 365. The molecule has 1 saturated carbocycles. The van der Waals surface area contributed by atoms with Crippen LogP contribution in [0.3, 0.4) is 0 Å². The SMILES string of the molecule is Brc1ccc(C2CC2)cc1C1CCOC1. The molecule has 1 nitrogen and oxygen atoms in total. The van der Waals surface area contributed by atoms with Crippen molar-refractivity contribution in [2.24, 2.45) is 0 Å². The van der Waals surface area contributed by atoms with Gasteiger partial charge in [0.1, 0.15) is 0 Å². The first-order valence-electron chi connectivity index (χ1n) is 5.71. The first kappa shape index (κ1) is 9.86. The minimum absolute atomic E-state index is 0.609. The second-order valence-corrected chi connectivity index (χ2v) is 5.47. The smallest absolute Gasteiger partial charge is 0.0535 e. The third-order valence-corrected chi connectivity index (χ3v) is 4.16. The zero-order chi connectivity index (χ0) is 10.3. The Morgan fingerprint density at radius 1 is 1.13 bits per heavy atom. The number of ether oxygens (including phenoxy) is 1. The lowest BCUT2D eigenvalue weighted by Gasteiger charge is -2.12. The molecule has 1 atom stereocenters. The Hall–Kier alpha value is -0.340. The van der Waals surface area contributed by atoms with Crippen molar-refractivity contribution in [3.8, 4) is 0 Å². The Labute approximate surface area is 99.0 Å². The van der Waals surface area contributed by atoms with Crippen LogP contribution in [0.1, 0.15) is 42.2 Å². The number of hydrogen-bond donors (Lipinski definition) is 0. The maximum absolute atomic E-state index is 5.46. The summed E-state index contributed by atoms with van der Waals surface area (Å²) in [5, 5.41) is 0. The average Bonchev–Trinajstić information content (AvgIpc) is 2.95. The fourth-order valence-corrected chi connectivity index (χ4v) is 2.90. The Morgan fingerprint density at radius 3 is 2.67 bits per heavy atom. The van der Waals surface area contributed by atoms with Crippen molar-refractivity contribution in [1.82, 2.24) is 0 Å². The van der Waals surface area contributed by atoms with Gasteiger partial charge in [-0.3, -0.25) is 0 Å². The van der Waals surface area contributed by atoms with Crippen LogP contribution in [-0.2, 0) is 4.74 Å². The summed E-state index contributed by atoms with van der Waals surface area (Å²) in [5.41, 5.74) is 2.98. The molecule has 1 aliphatic carbocycles. The van der Waals surface area contributed by atoms with Gasteiger partial charge in [-0.25, -0.2) is 0 Å². The fourth-order valence-electron chi connectivity index (χ4n) is 2.33. The Morgan fingerprint density at radius 2 is 2.00 bits per heavy atom. The summed E-state index contributed by atoms with van der Waals surface area (Å²) in [6.45, 7) is 1.82.